The highest BCUT2D eigenvalue weighted by Gasteiger charge is 2.53. The Balaban J connectivity index is 1.35. The summed E-state index contributed by atoms with van der Waals surface area (Å²) in [4.78, 5) is 14.5. The number of carbonyl (C=O) groups excluding carboxylic acids is 1. The first-order valence-corrected chi connectivity index (χ1v) is 8.86. The minimum Gasteiger partial charge on any atom is -0.378 e. The number of nitrogens with one attached hydrogen (secondary N) is 1. The molecule has 1 saturated heterocycles. The van der Waals surface area contributed by atoms with Crippen molar-refractivity contribution in [3.8, 4) is 0 Å². The summed E-state index contributed by atoms with van der Waals surface area (Å²) in [7, 11) is 0. The van der Waals surface area contributed by atoms with Gasteiger partial charge in [0.1, 0.15) is 0 Å². The Labute approximate surface area is 127 Å². The van der Waals surface area contributed by atoms with Crippen LogP contribution in [0.25, 0.3) is 0 Å². The van der Waals surface area contributed by atoms with Crippen molar-refractivity contribution >= 4 is 5.91 Å². The molecule has 0 spiro atoms. The Kier molecular flexibility index (Phi) is 3.70. The molecule has 1 heterocycles. The van der Waals surface area contributed by atoms with Gasteiger partial charge in [-0.25, -0.2) is 0 Å². The summed E-state index contributed by atoms with van der Waals surface area (Å²) in [6.45, 7) is 4.95. The van der Waals surface area contributed by atoms with Crippen molar-refractivity contribution in [1.29, 1.82) is 0 Å². The molecule has 4 aliphatic rings. The van der Waals surface area contributed by atoms with Gasteiger partial charge in [-0.1, -0.05) is 6.42 Å². The van der Waals surface area contributed by atoms with Gasteiger partial charge in [-0.15, -0.1) is 0 Å². The van der Waals surface area contributed by atoms with Crippen LogP contribution in [0, 0.1) is 23.7 Å². The van der Waals surface area contributed by atoms with Gasteiger partial charge in [0.05, 0.1) is 19.3 Å². The van der Waals surface area contributed by atoms with Crippen LogP contribution in [-0.4, -0.2) is 49.2 Å². The molecule has 6 atom stereocenters. The van der Waals surface area contributed by atoms with Crippen molar-refractivity contribution in [3.05, 3.63) is 0 Å². The number of morpholine rings is 1. The molecular formula is C17H28N2O2. The van der Waals surface area contributed by atoms with Crippen molar-refractivity contribution in [3.63, 3.8) is 0 Å². The predicted molar refractivity (Wildman–Crippen MR) is 80.8 cm³/mol. The molecule has 0 aromatic heterocycles. The smallest absolute Gasteiger partial charge is 0.239 e. The van der Waals surface area contributed by atoms with Gasteiger partial charge in [0.2, 0.25) is 5.91 Å². The standard InChI is InChI=1S/C17H28N2O2/c1-11(17(20)19-5-7-21-8-6-19)18-16-10-12-9-15(16)14-4-2-3-13(12)14/h11-16,18H,2-10H2,1H3/t11-,12+,13+,14-,15-,16+/m0/s1. The van der Waals surface area contributed by atoms with Crippen LogP contribution < -0.4 is 5.32 Å². The SMILES string of the molecule is C[C@H](N[C@@H]1C[C@H]2C[C@H]1[C@H]1CCC[C@H]21)C(=O)N1CCOCC1. The fourth-order valence-electron chi connectivity index (χ4n) is 5.71. The molecule has 2 bridgehead atoms. The van der Waals surface area contributed by atoms with Crippen LogP contribution in [-0.2, 0) is 9.53 Å². The Morgan fingerprint density at radius 3 is 2.71 bits per heavy atom. The van der Waals surface area contributed by atoms with Gasteiger partial charge in [0.15, 0.2) is 0 Å². The third-order valence-corrected chi connectivity index (χ3v) is 6.59. The molecule has 4 heteroatoms. The Morgan fingerprint density at radius 2 is 1.90 bits per heavy atom. The van der Waals surface area contributed by atoms with E-state index >= 15 is 0 Å². The lowest BCUT2D eigenvalue weighted by molar-refractivity contribution is -0.137. The van der Waals surface area contributed by atoms with Crippen molar-refractivity contribution in [2.75, 3.05) is 26.3 Å². The number of amides is 1. The van der Waals surface area contributed by atoms with E-state index < -0.39 is 0 Å². The summed E-state index contributed by atoms with van der Waals surface area (Å²) >= 11 is 0. The number of fused-ring (bicyclic) bond motifs is 5. The minimum absolute atomic E-state index is 0.0349. The highest BCUT2D eigenvalue weighted by molar-refractivity contribution is 5.81. The van der Waals surface area contributed by atoms with Gasteiger partial charge in [-0.2, -0.15) is 0 Å². The quantitative estimate of drug-likeness (QED) is 0.860. The Morgan fingerprint density at radius 1 is 1.14 bits per heavy atom. The summed E-state index contributed by atoms with van der Waals surface area (Å²) < 4.78 is 5.34. The monoisotopic (exact) mass is 292 g/mol. The molecule has 3 saturated carbocycles. The largest absolute Gasteiger partial charge is 0.378 e. The van der Waals surface area contributed by atoms with Crippen molar-refractivity contribution in [2.24, 2.45) is 23.7 Å². The van der Waals surface area contributed by atoms with Crippen molar-refractivity contribution in [1.82, 2.24) is 10.2 Å². The third kappa shape index (κ3) is 2.40. The van der Waals surface area contributed by atoms with E-state index in [0.717, 1.165) is 36.8 Å². The highest BCUT2D eigenvalue weighted by atomic mass is 16.5. The van der Waals surface area contributed by atoms with Crippen molar-refractivity contribution < 1.29 is 9.53 Å². The summed E-state index contributed by atoms with van der Waals surface area (Å²) in [5.41, 5.74) is 0. The van der Waals surface area contributed by atoms with Gasteiger partial charge >= 0.3 is 0 Å². The van der Waals surface area contributed by atoms with E-state index in [2.05, 4.69) is 12.2 Å². The Bertz CT molecular complexity index is 408. The molecule has 0 unspecified atom stereocenters. The molecule has 0 aromatic carbocycles. The molecule has 4 fully saturated rings. The molecule has 4 nitrogen and oxygen atoms in total. The maximum absolute atomic E-state index is 12.5. The second kappa shape index (κ2) is 5.54. The second-order valence-corrected chi connectivity index (χ2v) is 7.59. The van der Waals surface area contributed by atoms with Crippen LogP contribution in [0.1, 0.15) is 39.0 Å². The highest BCUT2D eigenvalue weighted by Crippen LogP contribution is 2.58. The third-order valence-electron chi connectivity index (χ3n) is 6.59. The maximum atomic E-state index is 12.5. The number of rotatable bonds is 3. The average Bonchev–Trinajstić information content (AvgIpc) is 3.19. The minimum atomic E-state index is -0.0349. The molecule has 4 rings (SSSR count). The number of carbonyl (C=O) groups is 1. The van der Waals surface area contributed by atoms with E-state index in [4.69, 9.17) is 4.74 Å². The predicted octanol–water partition coefficient (Wildman–Crippen LogP) is 1.65. The van der Waals surface area contributed by atoms with E-state index in [1.807, 2.05) is 4.90 Å². The lowest BCUT2D eigenvalue weighted by Gasteiger charge is -2.35. The normalized spacial score (nSPS) is 43.1. The number of hydrogen-bond donors (Lipinski definition) is 1. The maximum Gasteiger partial charge on any atom is 0.239 e. The van der Waals surface area contributed by atoms with E-state index in [1.165, 1.54) is 32.1 Å². The fourth-order valence-corrected chi connectivity index (χ4v) is 5.71. The summed E-state index contributed by atoms with van der Waals surface area (Å²) in [5.74, 6) is 4.06. The average molecular weight is 292 g/mol. The van der Waals surface area contributed by atoms with Gasteiger partial charge in [0.25, 0.3) is 0 Å². The molecule has 1 amide bonds. The Hall–Kier alpha value is -0.610. The molecule has 0 aromatic rings. The van der Waals surface area contributed by atoms with Gasteiger partial charge < -0.3 is 15.0 Å². The molecular weight excluding hydrogens is 264 g/mol. The molecule has 118 valence electrons. The molecule has 1 N–H and O–H groups in total. The van der Waals surface area contributed by atoms with E-state index in [-0.39, 0.29) is 11.9 Å². The summed E-state index contributed by atoms with van der Waals surface area (Å²) in [6, 6.07) is 0.557. The zero-order valence-corrected chi connectivity index (χ0v) is 13.1. The summed E-state index contributed by atoms with van der Waals surface area (Å²) in [5, 5.41) is 3.69. The number of hydrogen-bond acceptors (Lipinski definition) is 3. The number of nitrogens with zero attached hydrogens (tertiary/aromatic N) is 1. The molecule has 3 aliphatic carbocycles. The van der Waals surface area contributed by atoms with Crippen LogP contribution in [0.4, 0.5) is 0 Å². The van der Waals surface area contributed by atoms with E-state index in [0.29, 0.717) is 19.3 Å². The molecule has 1 aliphatic heterocycles. The first kappa shape index (κ1) is 14.0. The molecule has 0 radical (unpaired) electrons. The van der Waals surface area contributed by atoms with E-state index in [1.54, 1.807) is 0 Å². The zero-order chi connectivity index (χ0) is 14.4. The van der Waals surface area contributed by atoms with Crippen LogP contribution >= 0.6 is 0 Å². The van der Waals surface area contributed by atoms with Gasteiger partial charge in [0, 0.05) is 19.1 Å². The van der Waals surface area contributed by atoms with Crippen LogP contribution in [0.2, 0.25) is 0 Å². The second-order valence-electron chi connectivity index (χ2n) is 7.59. The fraction of sp³-hybridized carbons (Fsp3) is 0.941. The van der Waals surface area contributed by atoms with E-state index in [9.17, 15) is 4.79 Å². The lowest BCUT2D eigenvalue weighted by atomic mass is 9.79. The number of ether oxygens (including phenoxy) is 1. The van der Waals surface area contributed by atoms with Crippen LogP contribution in [0.15, 0.2) is 0 Å². The summed E-state index contributed by atoms with van der Waals surface area (Å²) in [6.07, 6.45) is 7.09. The zero-order valence-electron chi connectivity index (χ0n) is 13.1. The van der Waals surface area contributed by atoms with Gasteiger partial charge in [-0.05, 0) is 56.3 Å². The first-order chi connectivity index (χ1) is 10.2. The molecule has 21 heavy (non-hydrogen) atoms. The van der Waals surface area contributed by atoms with Crippen molar-refractivity contribution in [2.45, 2.75) is 51.1 Å². The lowest BCUT2D eigenvalue weighted by Crippen LogP contribution is -2.53. The van der Waals surface area contributed by atoms with Crippen LogP contribution in [0.3, 0.4) is 0 Å². The topological polar surface area (TPSA) is 41.6 Å². The van der Waals surface area contributed by atoms with Crippen LogP contribution in [0.5, 0.6) is 0 Å². The first-order valence-electron chi connectivity index (χ1n) is 8.86. The van der Waals surface area contributed by atoms with Gasteiger partial charge in [-0.3, -0.25) is 4.79 Å².